The van der Waals surface area contributed by atoms with Gasteiger partial charge >= 0.3 is 0 Å². The number of hydrogen-bond acceptors (Lipinski definition) is 4. The van der Waals surface area contributed by atoms with Crippen LogP contribution in [0.2, 0.25) is 0 Å². The number of nitrogens with one attached hydrogen (secondary N) is 2. The van der Waals surface area contributed by atoms with Crippen molar-refractivity contribution >= 4 is 17.4 Å². The summed E-state index contributed by atoms with van der Waals surface area (Å²) >= 11 is 0. The molecule has 0 aromatic carbocycles. The third-order valence-electron chi connectivity index (χ3n) is 1.93. The predicted molar refractivity (Wildman–Crippen MR) is 65.2 cm³/mol. The number of carbonyl (C=O) groups excluding carboxylic acids is 1. The van der Waals surface area contributed by atoms with Gasteiger partial charge in [-0.2, -0.15) is 0 Å². The quantitative estimate of drug-likeness (QED) is 0.707. The monoisotopic (exact) mass is 222 g/mol. The van der Waals surface area contributed by atoms with Crippen LogP contribution in [0.5, 0.6) is 0 Å². The SMILES string of the molecule is Cc1ccc(N)c(NCC(=O)NC(C)C)n1. The van der Waals surface area contributed by atoms with Crippen molar-refractivity contribution in [1.29, 1.82) is 0 Å². The van der Waals surface area contributed by atoms with Gasteiger partial charge in [-0.25, -0.2) is 4.98 Å². The first kappa shape index (κ1) is 12.3. The average Bonchev–Trinajstić information content (AvgIpc) is 2.18. The van der Waals surface area contributed by atoms with Crippen molar-refractivity contribution in [2.24, 2.45) is 0 Å². The normalized spacial score (nSPS) is 10.2. The van der Waals surface area contributed by atoms with E-state index in [1.807, 2.05) is 26.8 Å². The lowest BCUT2D eigenvalue weighted by molar-refractivity contribution is -0.119. The number of nitrogens with two attached hydrogens (primary N) is 1. The molecule has 0 saturated carbocycles. The van der Waals surface area contributed by atoms with Crippen LogP contribution in [0.4, 0.5) is 11.5 Å². The van der Waals surface area contributed by atoms with Crippen molar-refractivity contribution in [3.63, 3.8) is 0 Å². The standard InChI is InChI=1S/C11H18N4O/c1-7(2)14-10(16)6-13-11-9(12)5-4-8(3)15-11/h4-5,7H,6,12H2,1-3H3,(H,13,15)(H,14,16). The highest BCUT2D eigenvalue weighted by Crippen LogP contribution is 2.14. The number of rotatable bonds is 4. The molecule has 0 aliphatic rings. The number of nitrogens with zero attached hydrogens (tertiary/aromatic N) is 1. The van der Waals surface area contributed by atoms with Crippen molar-refractivity contribution < 1.29 is 4.79 Å². The Morgan fingerprint density at radius 2 is 2.19 bits per heavy atom. The number of pyridine rings is 1. The van der Waals surface area contributed by atoms with Crippen LogP contribution in [0, 0.1) is 6.92 Å². The summed E-state index contributed by atoms with van der Waals surface area (Å²) in [6.45, 7) is 5.88. The van der Waals surface area contributed by atoms with E-state index in [0.29, 0.717) is 11.5 Å². The summed E-state index contributed by atoms with van der Waals surface area (Å²) in [4.78, 5) is 15.6. The highest BCUT2D eigenvalue weighted by molar-refractivity contribution is 5.81. The summed E-state index contributed by atoms with van der Waals surface area (Å²) in [5.41, 5.74) is 7.13. The number of hydrogen-bond donors (Lipinski definition) is 3. The lowest BCUT2D eigenvalue weighted by atomic mass is 10.3. The van der Waals surface area contributed by atoms with Gasteiger partial charge in [-0.1, -0.05) is 0 Å². The zero-order valence-corrected chi connectivity index (χ0v) is 9.87. The maximum absolute atomic E-state index is 11.4. The summed E-state index contributed by atoms with van der Waals surface area (Å²) < 4.78 is 0. The zero-order chi connectivity index (χ0) is 12.1. The van der Waals surface area contributed by atoms with E-state index in [1.54, 1.807) is 6.07 Å². The Labute approximate surface area is 95.4 Å². The number of aromatic nitrogens is 1. The molecular weight excluding hydrogens is 204 g/mol. The Bertz CT molecular complexity index is 376. The summed E-state index contributed by atoms with van der Waals surface area (Å²) in [5, 5.41) is 5.69. The summed E-state index contributed by atoms with van der Waals surface area (Å²) in [6.07, 6.45) is 0. The van der Waals surface area contributed by atoms with Crippen LogP contribution >= 0.6 is 0 Å². The van der Waals surface area contributed by atoms with Crippen molar-refractivity contribution in [3.8, 4) is 0 Å². The van der Waals surface area contributed by atoms with Gasteiger partial charge in [-0.15, -0.1) is 0 Å². The van der Waals surface area contributed by atoms with Crippen LogP contribution in [0.15, 0.2) is 12.1 Å². The molecule has 88 valence electrons. The first-order chi connectivity index (χ1) is 7.49. The topological polar surface area (TPSA) is 80.0 Å². The van der Waals surface area contributed by atoms with Crippen LogP contribution in [0.1, 0.15) is 19.5 Å². The van der Waals surface area contributed by atoms with E-state index < -0.39 is 0 Å². The van der Waals surface area contributed by atoms with Crippen LogP contribution in [0.25, 0.3) is 0 Å². The third kappa shape index (κ3) is 3.76. The smallest absolute Gasteiger partial charge is 0.239 e. The highest BCUT2D eigenvalue weighted by atomic mass is 16.1. The van der Waals surface area contributed by atoms with E-state index in [1.165, 1.54) is 0 Å². The molecule has 16 heavy (non-hydrogen) atoms. The number of amides is 1. The van der Waals surface area contributed by atoms with Gasteiger partial charge in [-0.3, -0.25) is 4.79 Å². The molecule has 1 heterocycles. The molecule has 0 fully saturated rings. The summed E-state index contributed by atoms with van der Waals surface area (Å²) in [6, 6.07) is 3.73. The molecule has 1 amide bonds. The van der Waals surface area contributed by atoms with E-state index in [9.17, 15) is 4.79 Å². The predicted octanol–water partition coefficient (Wildman–Crippen LogP) is 0.909. The van der Waals surface area contributed by atoms with Gasteiger partial charge in [-0.05, 0) is 32.9 Å². The zero-order valence-electron chi connectivity index (χ0n) is 9.87. The van der Waals surface area contributed by atoms with E-state index in [-0.39, 0.29) is 18.5 Å². The summed E-state index contributed by atoms with van der Waals surface area (Å²) in [5.74, 6) is 0.483. The maximum Gasteiger partial charge on any atom is 0.239 e. The molecule has 0 aliphatic carbocycles. The fraction of sp³-hybridized carbons (Fsp3) is 0.455. The Kier molecular flexibility index (Phi) is 4.10. The molecule has 0 spiro atoms. The minimum absolute atomic E-state index is 0.0716. The van der Waals surface area contributed by atoms with Gasteiger partial charge in [0.1, 0.15) is 5.82 Å². The second-order valence-electron chi connectivity index (χ2n) is 3.97. The van der Waals surface area contributed by atoms with Gasteiger partial charge in [0, 0.05) is 11.7 Å². The fourth-order valence-electron chi connectivity index (χ4n) is 1.25. The van der Waals surface area contributed by atoms with E-state index >= 15 is 0 Å². The number of nitrogen functional groups attached to an aromatic ring is 1. The molecule has 0 radical (unpaired) electrons. The van der Waals surface area contributed by atoms with Crippen LogP contribution in [0.3, 0.4) is 0 Å². The van der Waals surface area contributed by atoms with Crippen LogP contribution < -0.4 is 16.4 Å². The molecule has 1 aromatic rings. The lowest BCUT2D eigenvalue weighted by Crippen LogP contribution is -2.35. The van der Waals surface area contributed by atoms with Crippen molar-refractivity contribution in [1.82, 2.24) is 10.3 Å². The molecule has 5 nitrogen and oxygen atoms in total. The maximum atomic E-state index is 11.4. The molecule has 0 aliphatic heterocycles. The van der Waals surface area contributed by atoms with E-state index in [4.69, 9.17) is 5.73 Å². The fourth-order valence-corrected chi connectivity index (χ4v) is 1.25. The molecule has 1 rings (SSSR count). The minimum Gasteiger partial charge on any atom is -0.396 e. The van der Waals surface area contributed by atoms with E-state index in [0.717, 1.165) is 5.69 Å². The molecule has 0 unspecified atom stereocenters. The Morgan fingerprint density at radius 1 is 1.50 bits per heavy atom. The number of carbonyl (C=O) groups is 1. The largest absolute Gasteiger partial charge is 0.396 e. The van der Waals surface area contributed by atoms with Gasteiger partial charge in [0.2, 0.25) is 5.91 Å². The first-order valence-electron chi connectivity index (χ1n) is 5.25. The molecule has 4 N–H and O–H groups in total. The first-order valence-corrected chi connectivity index (χ1v) is 5.25. The lowest BCUT2D eigenvalue weighted by Gasteiger charge is -2.11. The van der Waals surface area contributed by atoms with Gasteiger partial charge < -0.3 is 16.4 Å². The second-order valence-corrected chi connectivity index (χ2v) is 3.97. The third-order valence-corrected chi connectivity index (χ3v) is 1.93. The van der Waals surface area contributed by atoms with Gasteiger partial charge in [0.15, 0.2) is 0 Å². The highest BCUT2D eigenvalue weighted by Gasteiger charge is 2.05. The Hall–Kier alpha value is -1.78. The Balaban J connectivity index is 2.54. The van der Waals surface area contributed by atoms with E-state index in [2.05, 4.69) is 15.6 Å². The molecule has 0 bridgehead atoms. The molecule has 0 atom stereocenters. The molecule has 5 heteroatoms. The molecule has 1 aromatic heterocycles. The van der Waals surface area contributed by atoms with Crippen molar-refractivity contribution in [3.05, 3.63) is 17.8 Å². The van der Waals surface area contributed by atoms with Gasteiger partial charge in [0.05, 0.1) is 12.2 Å². The molecular formula is C11H18N4O. The average molecular weight is 222 g/mol. The second kappa shape index (κ2) is 5.34. The van der Waals surface area contributed by atoms with Crippen LogP contribution in [-0.2, 0) is 4.79 Å². The van der Waals surface area contributed by atoms with Crippen molar-refractivity contribution in [2.75, 3.05) is 17.6 Å². The number of anilines is 2. The molecule has 0 saturated heterocycles. The summed E-state index contributed by atoms with van der Waals surface area (Å²) in [7, 11) is 0. The van der Waals surface area contributed by atoms with Crippen LogP contribution in [-0.4, -0.2) is 23.5 Å². The minimum atomic E-state index is -0.0716. The Morgan fingerprint density at radius 3 is 2.81 bits per heavy atom. The van der Waals surface area contributed by atoms with Crippen molar-refractivity contribution in [2.45, 2.75) is 26.8 Å². The van der Waals surface area contributed by atoms with Gasteiger partial charge in [0.25, 0.3) is 0 Å². The number of aryl methyl sites for hydroxylation is 1.